The Kier molecular flexibility index (Phi) is 8.11. The van der Waals surface area contributed by atoms with Crippen molar-refractivity contribution < 1.29 is 18.1 Å². The lowest BCUT2D eigenvalue weighted by Gasteiger charge is -2.19. The van der Waals surface area contributed by atoms with Crippen molar-refractivity contribution in [2.24, 2.45) is 0 Å². The number of rotatable bonds is 6. The van der Waals surface area contributed by atoms with E-state index in [1.165, 1.54) is 0 Å². The molecule has 0 aromatic heterocycles. The molecule has 3 aromatic carbocycles. The predicted molar refractivity (Wildman–Crippen MR) is 119 cm³/mol. The van der Waals surface area contributed by atoms with E-state index in [9.17, 15) is 4.57 Å². The number of allylic oxidation sites excluding steroid dienone is 1. The third-order valence-electron chi connectivity index (χ3n) is 3.71. The molecule has 0 saturated carbocycles. The van der Waals surface area contributed by atoms with Crippen LogP contribution >= 0.6 is 7.82 Å². The van der Waals surface area contributed by atoms with Crippen molar-refractivity contribution in [3.63, 3.8) is 0 Å². The standard InChI is InChI=1S/C21H21O4P.C3H6/c1-16-4-10-19(11-5-16)23-26(22,24-20-12-6-17(2)7-13-20)25-21-14-8-18(3)9-15-21;1-3-2/h4-15H,1-3H3;3H,1H2,2H3. The van der Waals surface area contributed by atoms with Gasteiger partial charge in [-0.1, -0.05) is 59.2 Å². The monoisotopic (exact) mass is 410 g/mol. The molecular weight excluding hydrogens is 383 g/mol. The summed E-state index contributed by atoms with van der Waals surface area (Å²) in [7, 11) is -3.93. The maximum absolute atomic E-state index is 13.3. The van der Waals surface area contributed by atoms with Crippen LogP contribution in [0.5, 0.6) is 17.2 Å². The Morgan fingerprint density at radius 1 is 0.621 bits per heavy atom. The van der Waals surface area contributed by atoms with Gasteiger partial charge in [-0.2, -0.15) is 4.57 Å². The lowest BCUT2D eigenvalue weighted by atomic mass is 10.2. The van der Waals surface area contributed by atoms with Crippen molar-refractivity contribution in [3.8, 4) is 17.2 Å². The minimum atomic E-state index is -3.93. The van der Waals surface area contributed by atoms with E-state index in [0.29, 0.717) is 17.2 Å². The number of hydrogen-bond donors (Lipinski definition) is 0. The Balaban J connectivity index is 0.000000941. The van der Waals surface area contributed by atoms with Crippen molar-refractivity contribution in [3.05, 3.63) is 102 Å². The maximum Gasteiger partial charge on any atom is 0.647 e. The van der Waals surface area contributed by atoms with Crippen LogP contribution in [0.25, 0.3) is 0 Å². The molecule has 152 valence electrons. The summed E-state index contributed by atoms with van der Waals surface area (Å²) in [5.74, 6) is 1.24. The number of phosphoric acid groups is 1. The first kappa shape index (κ1) is 22.3. The summed E-state index contributed by atoms with van der Waals surface area (Å²) in [6, 6.07) is 21.6. The molecule has 3 aromatic rings. The molecule has 0 aliphatic carbocycles. The second-order valence-corrected chi connectivity index (χ2v) is 8.01. The molecule has 0 unspecified atom stereocenters. The predicted octanol–water partition coefficient (Wildman–Crippen LogP) is 7.45. The number of hydrogen-bond acceptors (Lipinski definition) is 4. The molecule has 0 radical (unpaired) electrons. The summed E-state index contributed by atoms with van der Waals surface area (Å²) in [4.78, 5) is 0. The maximum atomic E-state index is 13.3. The zero-order valence-corrected chi connectivity index (χ0v) is 18.2. The van der Waals surface area contributed by atoms with E-state index in [2.05, 4.69) is 6.58 Å². The minimum absolute atomic E-state index is 0.415. The van der Waals surface area contributed by atoms with Crippen LogP contribution in [-0.2, 0) is 4.57 Å². The van der Waals surface area contributed by atoms with E-state index < -0.39 is 7.82 Å². The van der Waals surface area contributed by atoms with Crippen molar-refractivity contribution in [2.75, 3.05) is 0 Å². The molecule has 3 rings (SSSR count). The number of benzene rings is 3. The molecule has 0 bridgehead atoms. The molecule has 0 atom stereocenters. The molecule has 0 aliphatic rings. The van der Waals surface area contributed by atoms with E-state index in [1.54, 1.807) is 42.5 Å². The van der Waals surface area contributed by atoms with Crippen LogP contribution in [0.2, 0.25) is 0 Å². The van der Waals surface area contributed by atoms with E-state index in [4.69, 9.17) is 13.6 Å². The summed E-state index contributed by atoms with van der Waals surface area (Å²) in [6.07, 6.45) is 1.75. The van der Waals surface area contributed by atoms with E-state index in [1.807, 2.05) is 64.1 Å². The first-order valence-corrected chi connectivity index (χ1v) is 10.8. The SMILES string of the molecule is C=CC.Cc1ccc(OP(=O)(Oc2ccc(C)cc2)Oc2ccc(C)cc2)cc1. The second kappa shape index (κ2) is 10.5. The van der Waals surface area contributed by atoms with Crippen molar-refractivity contribution in [1.29, 1.82) is 0 Å². The largest absolute Gasteiger partial charge is 0.647 e. The molecule has 0 aliphatic heterocycles. The smallest absolute Gasteiger partial charge is 0.386 e. The second-order valence-electron chi connectivity index (χ2n) is 6.57. The lowest BCUT2D eigenvalue weighted by Crippen LogP contribution is -2.07. The van der Waals surface area contributed by atoms with Gasteiger partial charge in [0.05, 0.1) is 0 Å². The van der Waals surface area contributed by atoms with Crippen molar-refractivity contribution in [1.82, 2.24) is 0 Å². The number of phosphoric ester groups is 1. The normalized spacial score (nSPS) is 10.3. The van der Waals surface area contributed by atoms with Crippen LogP contribution < -0.4 is 13.6 Å². The molecule has 29 heavy (non-hydrogen) atoms. The van der Waals surface area contributed by atoms with Crippen LogP contribution in [0.4, 0.5) is 0 Å². The average molecular weight is 410 g/mol. The van der Waals surface area contributed by atoms with Gasteiger partial charge in [-0.3, -0.25) is 0 Å². The Labute approximate surface area is 173 Å². The lowest BCUT2D eigenvalue weighted by molar-refractivity contribution is 0.298. The van der Waals surface area contributed by atoms with Crippen LogP contribution in [0, 0.1) is 20.8 Å². The summed E-state index contributed by atoms with van der Waals surface area (Å²) < 4.78 is 30.2. The summed E-state index contributed by atoms with van der Waals surface area (Å²) in [5, 5.41) is 0. The summed E-state index contributed by atoms with van der Waals surface area (Å²) in [6.45, 7) is 11.2. The zero-order chi connectivity index (χ0) is 21.3. The molecule has 0 N–H and O–H groups in total. The van der Waals surface area contributed by atoms with Crippen molar-refractivity contribution in [2.45, 2.75) is 27.7 Å². The quantitative estimate of drug-likeness (QED) is 0.313. The van der Waals surface area contributed by atoms with Gasteiger partial charge in [-0.15, -0.1) is 6.58 Å². The van der Waals surface area contributed by atoms with Gasteiger partial charge in [-0.05, 0) is 64.1 Å². The molecule has 4 nitrogen and oxygen atoms in total. The van der Waals surface area contributed by atoms with E-state index in [-0.39, 0.29) is 0 Å². The Morgan fingerprint density at radius 2 is 0.828 bits per heavy atom. The number of aryl methyl sites for hydroxylation is 3. The van der Waals surface area contributed by atoms with Gasteiger partial charge < -0.3 is 13.6 Å². The van der Waals surface area contributed by atoms with Gasteiger partial charge in [-0.25, -0.2) is 0 Å². The topological polar surface area (TPSA) is 44.8 Å². The fourth-order valence-corrected chi connectivity index (χ4v) is 3.49. The minimum Gasteiger partial charge on any atom is -0.386 e. The van der Waals surface area contributed by atoms with Gasteiger partial charge in [0.2, 0.25) is 0 Å². The third kappa shape index (κ3) is 7.52. The Morgan fingerprint density at radius 3 is 1.03 bits per heavy atom. The summed E-state index contributed by atoms with van der Waals surface area (Å²) in [5.41, 5.74) is 3.23. The molecule has 5 heteroatoms. The highest BCUT2D eigenvalue weighted by molar-refractivity contribution is 7.49. The van der Waals surface area contributed by atoms with Gasteiger partial charge in [0.25, 0.3) is 0 Å². The van der Waals surface area contributed by atoms with Gasteiger partial charge in [0.1, 0.15) is 17.2 Å². The first-order valence-electron chi connectivity index (χ1n) is 9.29. The van der Waals surface area contributed by atoms with Crippen molar-refractivity contribution >= 4 is 7.82 Å². The van der Waals surface area contributed by atoms with Crippen LogP contribution in [0.3, 0.4) is 0 Å². The average Bonchev–Trinajstić information content (AvgIpc) is 2.68. The van der Waals surface area contributed by atoms with Crippen LogP contribution in [0.1, 0.15) is 23.6 Å². The van der Waals surface area contributed by atoms with Crippen LogP contribution in [0.15, 0.2) is 85.5 Å². The third-order valence-corrected chi connectivity index (χ3v) is 5.02. The molecule has 0 amide bonds. The van der Waals surface area contributed by atoms with Gasteiger partial charge in [0, 0.05) is 0 Å². The fourth-order valence-electron chi connectivity index (χ4n) is 2.24. The fraction of sp³-hybridized carbons (Fsp3) is 0.167. The van der Waals surface area contributed by atoms with E-state index in [0.717, 1.165) is 16.7 Å². The van der Waals surface area contributed by atoms with Gasteiger partial charge in [0.15, 0.2) is 0 Å². The Bertz CT molecular complexity index is 823. The van der Waals surface area contributed by atoms with E-state index >= 15 is 0 Å². The molecule has 0 saturated heterocycles. The first-order chi connectivity index (χ1) is 13.8. The Hall–Kier alpha value is -2.97. The summed E-state index contributed by atoms with van der Waals surface area (Å²) >= 11 is 0. The highest BCUT2D eigenvalue weighted by Crippen LogP contribution is 2.49. The molecule has 0 heterocycles. The zero-order valence-electron chi connectivity index (χ0n) is 17.3. The van der Waals surface area contributed by atoms with Crippen LogP contribution in [-0.4, -0.2) is 0 Å². The highest BCUT2D eigenvalue weighted by Gasteiger charge is 2.33. The highest BCUT2D eigenvalue weighted by atomic mass is 31.2. The molecule has 0 spiro atoms. The van der Waals surface area contributed by atoms with Gasteiger partial charge >= 0.3 is 7.82 Å². The molecule has 0 fully saturated rings. The molecular formula is C24H27O4P.